The summed E-state index contributed by atoms with van der Waals surface area (Å²) in [5.41, 5.74) is 7.61. The molecule has 0 bridgehead atoms. The average Bonchev–Trinajstić information content (AvgIpc) is 2.34. The third kappa shape index (κ3) is 2.94. The highest BCUT2D eigenvalue weighted by Crippen LogP contribution is 2.39. The minimum atomic E-state index is -0.476. The predicted octanol–water partition coefficient (Wildman–Crippen LogP) is 1.99. The van der Waals surface area contributed by atoms with Crippen molar-refractivity contribution in [2.75, 3.05) is 20.8 Å². The fraction of sp³-hybridized carbons (Fsp3) is 0.571. The quantitative estimate of drug-likeness (QED) is 0.861. The number of benzene rings is 1. The van der Waals surface area contributed by atoms with E-state index in [9.17, 15) is 5.11 Å². The lowest BCUT2D eigenvalue weighted by Gasteiger charge is -2.26. The molecule has 1 rings (SSSR count). The highest BCUT2D eigenvalue weighted by Gasteiger charge is 2.24. The molecule has 1 atom stereocenters. The Kier molecular flexibility index (Phi) is 4.59. The Morgan fingerprint density at radius 3 is 2.22 bits per heavy atom. The Bertz CT molecular complexity index is 410. The molecule has 0 saturated heterocycles. The fourth-order valence-electron chi connectivity index (χ4n) is 1.90. The van der Waals surface area contributed by atoms with Crippen LogP contribution in [0.15, 0.2) is 12.1 Å². The zero-order valence-corrected chi connectivity index (χ0v) is 11.8. The first-order valence-electron chi connectivity index (χ1n) is 5.98. The zero-order chi connectivity index (χ0) is 13.9. The molecule has 3 N–H and O–H groups in total. The molecular weight excluding hydrogens is 230 g/mol. The molecule has 0 aliphatic heterocycles. The van der Waals surface area contributed by atoms with Crippen LogP contribution in [0.1, 0.15) is 37.9 Å². The molecule has 0 fully saturated rings. The molecule has 102 valence electrons. The Balaban J connectivity index is 3.50. The molecule has 0 aliphatic rings. The SMILES string of the molecule is COc1cc(C(N)CO)c(OC)c(C(C)(C)C)c1. The zero-order valence-electron chi connectivity index (χ0n) is 11.8. The van der Waals surface area contributed by atoms with E-state index in [2.05, 4.69) is 20.8 Å². The summed E-state index contributed by atoms with van der Waals surface area (Å²) in [5, 5.41) is 9.24. The Morgan fingerprint density at radius 2 is 1.83 bits per heavy atom. The second kappa shape index (κ2) is 5.59. The van der Waals surface area contributed by atoms with Gasteiger partial charge in [-0.25, -0.2) is 0 Å². The first kappa shape index (κ1) is 14.8. The van der Waals surface area contributed by atoms with Gasteiger partial charge < -0.3 is 20.3 Å². The lowest BCUT2D eigenvalue weighted by atomic mass is 9.84. The van der Waals surface area contributed by atoms with E-state index in [0.29, 0.717) is 0 Å². The van der Waals surface area contributed by atoms with Gasteiger partial charge >= 0.3 is 0 Å². The molecule has 1 unspecified atom stereocenters. The van der Waals surface area contributed by atoms with Crippen LogP contribution in [0.25, 0.3) is 0 Å². The molecule has 0 aliphatic carbocycles. The Labute approximate surface area is 109 Å². The van der Waals surface area contributed by atoms with E-state index in [-0.39, 0.29) is 12.0 Å². The van der Waals surface area contributed by atoms with E-state index in [1.54, 1.807) is 14.2 Å². The summed E-state index contributed by atoms with van der Waals surface area (Å²) < 4.78 is 10.8. The van der Waals surface area contributed by atoms with Gasteiger partial charge in [0.1, 0.15) is 11.5 Å². The Morgan fingerprint density at radius 1 is 1.22 bits per heavy atom. The molecule has 1 aromatic carbocycles. The van der Waals surface area contributed by atoms with Gasteiger partial charge in [0.05, 0.1) is 26.9 Å². The summed E-state index contributed by atoms with van der Waals surface area (Å²) in [4.78, 5) is 0. The number of aliphatic hydroxyl groups is 1. The topological polar surface area (TPSA) is 64.7 Å². The smallest absolute Gasteiger partial charge is 0.127 e. The lowest BCUT2D eigenvalue weighted by molar-refractivity contribution is 0.263. The van der Waals surface area contributed by atoms with Gasteiger partial charge in [-0.1, -0.05) is 20.8 Å². The van der Waals surface area contributed by atoms with Crippen molar-refractivity contribution in [2.45, 2.75) is 32.2 Å². The first-order chi connectivity index (χ1) is 8.35. The van der Waals surface area contributed by atoms with E-state index in [1.807, 2.05) is 12.1 Å². The molecule has 4 heteroatoms. The van der Waals surface area contributed by atoms with Crippen LogP contribution in [0.5, 0.6) is 11.5 Å². The number of nitrogens with two attached hydrogens (primary N) is 1. The average molecular weight is 253 g/mol. The molecule has 4 nitrogen and oxygen atoms in total. The number of hydrogen-bond donors (Lipinski definition) is 2. The molecule has 18 heavy (non-hydrogen) atoms. The number of methoxy groups -OCH3 is 2. The highest BCUT2D eigenvalue weighted by molar-refractivity contribution is 5.51. The minimum absolute atomic E-state index is 0.0934. The molecular formula is C14H23NO3. The molecule has 0 radical (unpaired) electrons. The van der Waals surface area contributed by atoms with Crippen molar-refractivity contribution in [3.8, 4) is 11.5 Å². The van der Waals surface area contributed by atoms with Crippen molar-refractivity contribution in [1.82, 2.24) is 0 Å². The molecule has 1 aromatic rings. The second-order valence-corrected chi connectivity index (χ2v) is 5.34. The second-order valence-electron chi connectivity index (χ2n) is 5.34. The molecule has 0 aromatic heterocycles. The summed E-state index contributed by atoms with van der Waals surface area (Å²) in [5.74, 6) is 1.45. The summed E-state index contributed by atoms with van der Waals surface area (Å²) >= 11 is 0. The van der Waals surface area contributed by atoms with Crippen molar-refractivity contribution in [2.24, 2.45) is 5.73 Å². The number of ether oxygens (including phenoxy) is 2. The van der Waals surface area contributed by atoms with Gasteiger partial charge in [-0.05, 0) is 17.5 Å². The van der Waals surface area contributed by atoms with Gasteiger partial charge in [0.15, 0.2) is 0 Å². The molecule has 0 saturated carbocycles. The van der Waals surface area contributed by atoms with Gasteiger partial charge in [-0.3, -0.25) is 0 Å². The predicted molar refractivity (Wildman–Crippen MR) is 72.3 cm³/mol. The van der Waals surface area contributed by atoms with Crippen LogP contribution in [0, 0.1) is 0 Å². The van der Waals surface area contributed by atoms with Gasteiger partial charge in [0.25, 0.3) is 0 Å². The van der Waals surface area contributed by atoms with Crippen LogP contribution in [0.3, 0.4) is 0 Å². The van der Waals surface area contributed by atoms with Crippen molar-refractivity contribution < 1.29 is 14.6 Å². The van der Waals surface area contributed by atoms with E-state index < -0.39 is 6.04 Å². The van der Waals surface area contributed by atoms with E-state index in [0.717, 1.165) is 22.6 Å². The molecule has 0 spiro atoms. The van der Waals surface area contributed by atoms with Gasteiger partial charge in [-0.15, -0.1) is 0 Å². The van der Waals surface area contributed by atoms with Crippen molar-refractivity contribution in [3.05, 3.63) is 23.3 Å². The summed E-state index contributed by atoms with van der Waals surface area (Å²) in [6, 6.07) is 3.29. The van der Waals surface area contributed by atoms with E-state index in [4.69, 9.17) is 15.2 Å². The number of hydrogen-bond acceptors (Lipinski definition) is 4. The third-order valence-corrected chi connectivity index (χ3v) is 2.94. The first-order valence-corrected chi connectivity index (χ1v) is 5.98. The van der Waals surface area contributed by atoms with Crippen LogP contribution in [-0.2, 0) is 5.41 Å². The standard InChI is InChI=1S/C14H23NO3/c1-14(2,3)11-7-9(17-4)6-10(12(15)8-16)13(11)18-5/h6-7,12,16H,8,15H2,1-5H3. The van der Waals surface area contributed by atoms with Crippen LogP contribution >= 0.6 is 0 Å². The maximum atomic E-state index is 9.24. The highest BCUT2D eigenvalue weighted by atomic mass is 16.5. The van der Waals surface area contributed by atoms with Crippen LogP contribution in [0.4, 0.5) is 0 Å². The van der Waals surface area contributed by atoms with Crippen molar-refractivity contribution >= 4 is 0 Å². The van der Waals surface area contributed by atoms with Crippen molar-refractivity contribution in [3.63, 3.8) is 0 Å². The summed E-state index contributed by atoms with van der Waals surface area (Å²) in [7, 11) is 3.23. The normalized spacial score (nSPS) is 13.3. The minimum Gasteiger partial charge on any atom is -0.497 e. The van der Waals surface area contributed by atoms with Gasteiger partial charge in [-0.2, -0.15) is 0 Å². The largest absolute Gasteiger partial charge is 0.497 e. The van der Waals surface area contributed by atoms with Gasteiger partial charge in [0.2, 0.25) is 0 Å². The van der Waals surface area contributed by atoms with E-state index in [1.165, 1.54) is 0 Å². The number of aliphatic hydroxyl groups excluding tert-OH is 1. The van der Waals surface area contributed by atoms with Gasteiger partial charge in [0, 0.05) is 11.1 Å². The van der Waals surface area contributed by atoms with Crippen LogP contribution in [0.2, 0.25) is 0 Å². The monoisotopic (exact) mass is 253 g/mol. The van der Waals surface area contributed by atoms with Crippen molar-refractivity contribution in [1.29, 1.82) is 0 Å². The van der Waals surface area contributed by atoms with Crippen LogP contribution < -0.4 is 15.2 Å². The van der Waals surface area contributed by atoms with Crippen LogP contribution in [-0.4, -0.2) is 25.9 Å². The van der Waals surface area contributed by atoms with E-state index >= 15 is 0 Å². The number of rotatable bonds is 4. The third-order valence-electron chi connectivity index (χ3n) is 2.94. The fourth-order valence-corrected chi connectivity index (χ4v) is 1.90. The summed E-state index contributed by atoms with van der Waals surface area (Å²) in [6.45, 7) is 6.16. The lowest BCUT2D eigenvalue weighted by Crippen LogP contribution is -2.19. The maximum absolute atomic E-state index is 9.24. The Hall–Kier alpha value is -1.26. The molecule has 0 heterocycles. The summed E-state index contributed by atoms with van der Waals surface area (Å²) in [6.07, 6.45) is 0. The maximum Gasteiger partial charge on any atom is 0.127 e. The molecule has 0 amide bonds.